The summed E-state index contributed by atoms with van der Waals surface area (Å²) in [5.41, 5.74) is 0.596. The molecular formula is C25H32O6. The van der Waals surface area contributed by atoms with E-state index in [0.29, 0.717) is 32.3 Å². The van der Waals surface area contributed by atoms with Crippen LogP contribution in [0.1, 0.15) is 65.2 Å². The summed E-state index contributed by atoms with van der Waals surface area (Å²) < 4.78 is 10.6. The maximum absolute atomic E-state index is 12.6. The lowest BCUT2D eigenvalue weighted by molar-refractivity contribution is -0.206. The van der Waals surface area contributed by atoms with Gasteiger partial charge in [0, 0.05) is 19.4 Å². The van der Waals surface area contributed by atoms with Gasteiger partial charge in [-0.25, -0.2) is 4.79 Å². The van der Waals surface area contributed by atoms with Crippen molar-refractivity contribution in [2.45, 2.75) is 76.9 Å². The van der Waals surface area contributed by atoms with Crippen molar-refractivity contribution < 1.29 is 29.0 Å². The van der Waals surface area contributed by atoms with Crippen molar-refractivity contribution in [2.75, 3.05) is 6.61 Å². The normalized spacial score (nSPS) is 46.1. The predicted octanol–water partition coefficient (Wildman–Crippen LogP) is 3.27. The number of hydrogen-bond acceptors (Lipinski definition) is 6. The summed E-state index contributed by atoms with van der Waals surface area (Å²) in [7, 11) is 0. The standard InChI is InChI=1S/C25H32O6/c1-15(27)31-17-5-9-24(14-26)21-7-8-23(2)19(16-11-22(28)30-13-16)3-4-20(23)18(21)6-10-25(24,29)12-17/h4,11,14,17-19,21,29H,3,5-10,12-13H2,1-2H3/t17-,18-,19+,21-,23+,24+,25-/m1/s1. The Morgan fingerprint density at radius 2 is 2.06 bits per heavy atom. The molecule has 1 N–H and O–H groups in total. The molecule has 168 valence electrons. The molecule has 0 spiro atoms. The van der Waals surface area contributed by atoms with Crippen LogP contribution in [0.4, 0.5) is 0 Å². The third-order valence-electron chi connectivity index (χ3n) is 9.38. The number of hydrogen-bond donors (Lipinski definition) is 1. The molecule has 7 atom stereocenters. The Balaban J connectivity index is 1.43. The molecule has 1 heterocycles. The highest BCUT2D eigenvalue weighted by atomic mass is 16.5. The number of ether oxygens (including phenoxy) is 2. The minimum Gasteiger partial charge on any atom is -0.462 e. The minimum absolute atomic E-state index is 0.0184. The van der Waals surface area contributed by atoms with Gasteiger partial charge in [-0.1, -0.05) is 18.6 Å². The highest BCUT2D eigenvalue weighted by Gasteiger charge is 2.65. The maximum Gasteiger partial charge on any atom is 0.331 e. The first-order valence-electron chi connectivity index (χ1n) is 11.7. The second-order valence-electron chi connectivity index (χ2n) is 10.6. The Morgan fingerprint density at radius 1 is 1.26 bits per heavy atom. The molecule has 4 aliphatic carbocycles. The number of rotatable bonds is 3. The first-order chi connectivity index (χ1) is 14.7. The van der Waals surface area contributed by atoms with Gasteiger partial charge in [0.1, 0.15) is 19.0 Å². The number of fused-ring (bicyclic) bond motifs is 5. The number of carbonyl (C=O) groups excluding carboxylic acids is 3. The van der Waals surface area contributed by atoms with Crippen molar-refractivity contribution in [2.24, 2.45) is 28.6 Å². The zero-order valence-corrected chi connectivity index (χ0v) is 18.4. The van der Waals surface area contributed by atoms with Crippen molar-refractivity contribution in [3.8, 4) is 0 Å². The Morgan fingerprint density at radius 3 is 2.74 bits per heavy atom. The predicted molar refractivity (Wildman–Crippen MR) is 112 cm³/mol. The highest BCUT2D eigenvalue weighted by molar-refractivity contribution is 5.85. The number of aldehydes is 1. The van der Waals surface area contributed by atoms with E-state index < -0.39 is 11.0 Å². The summed E-state index contributed by atoms with van der Waals surface area (Å²) in [4.78, 5) is 35.8. The van der Waals surface area contributed by atoms with Crippen LogP contribution in [-0.4, -0.2) is 41.6 Å². The Bertz CT molecular complexity index is 888. The number of carbonyl (C=O) groups is 3. The summed E-state index contributed by atoms with van der Waals surface area (Å²) >= 11 is 0. The third kappa shape index (κ3) is 2.90. The monoisotopic (exact) mass is 428 g/mol. The van der Waals surface area contributed by atoms with Crippen molar-refractivity contribution >= 4 is 18.2 Å². The molecule has 0 unspecified atom stereocenters. The molecule has 5 aliphatic rings. The lowest BCUT2D eigenvalue weighted by Gasteiger charge is -2.61. The number of cyclic esters (lactones) is 1. The fraction of sp³-hybridized carbons (Fsp3) is 0.720. The molecule has 0 aromatic carbocycles. The fourth-order valence-electron chi connectivity index (χ4n) is 7.98. The van der Waals surface area contributed by atoms with E-state index in [1.54, 1.807) is 6.08 Å². The van der Waals surface area contributed by atoms with Crippen LogP contribution < -0.4 is 0 Å². The summed E-state index contributed by atoms with van der Waals surface area (Å²) in [6.07, 6.45) is 10.4. The lowest BCUT2D eigenvalue weighted by Crippen LogP contribution is -2.64. The Labute approximate surface area is 183 Å². The van der Waals surface area contributed by atoms with Gasteiger partial charge in [0.25, 0.3) is 0 Å². The van der Waals surface area contributed by atoms with Crippen molar-refractivity contribution in [3.63, 3.8) is 0 Å². The molecule has 0 radical (unpaired) electrons. The van der Waals surface area contributed by atoms with Crippen LogP contribution in [0, 0.1) is 28.6 Å². The van der Waals surface area contributed by atoms with Crippen molar-refractivity contribution in [1.82, 2.24) is 0 Å². The molecule has 1 aliphatic heterocycles. The van der Waals surface area contributed by atoms with Crippen LogP contribution in [0.15, 0.2) is 23.3 Å². The molecule has 0 saturated heterocycles. The van der Waals surface area contributed by atoms with Crippen LogP contribution in [0.25, 0.3) is 0 Å². The van der Waals surface area contributed by atoms with Crippen molar-refractivity contribution in [3.05, 3.63) is 23.3 Å². The number of esters is 2. The molecule has 0 aromatic rings. The number of aliphatic hydroxyl groups is 1. The van der Waals surface area contributed by atoms with Gasteiger partial charge in [-0.3, -0.25) is 4.79 Å². The van der Waals surface area contributed by atoms with Crippen LogP contribution >= 0.6 is 0 Å². The first kappa shape index (κ1) is 20.9. The van der Waals surface area contributed by atoms with Gasteiger partial charge in [-0.05, 0) is 73.7 Å². The van der Waals surface area contributed by atoms with Gasteiger partial charge in [0.05, 0.1) is 11.0 Å². The zero-order valence-electron chi connectivity index (χ0n) is 18.4. The molecular weight excluding hydrogens is 396 g/mol. The maximum atomic E-state index is 12.6. The summed E-state index contributed by atoms with van der Waals surface area (Å²) in [5, 5.41) is 11.7. The van der Waals surface area contributed by atoms with Gasteiger partial charge in [0.15, 0.2) is 0 Å². The van der Waals surface area contributed by atoms with E-state index in [9.17, 15) is 19.5 Å². The highest BCUT2D eigenvalue weighted by Crippen LogP contribution is 2.67. The van der Waals surface area contributed by atoms with E-state index >= 15 is 0 Å². The van der Waals surface area contributed by atoms with Gasteiger partial charge < -0.3 is 19.4 Å². The smallest absolute Gasteiger partial charge is 0.331 e. The van der Waals surface area contributed by atoms with Crippen LogP contribution in [-0.2, 0) is 23.9 Å². The summed E-state index contributed by atoms with van der Waals surface area (Å²) in [6, 6.07) is 0. The third-order valence-corrected chi connectivity index (χ3v) is 9.38. The molecule has 0 amide bonds. The Hall–Kier alpha value is -1.95. The second-order valence-corrected chi connectivity index (χ2v) is 10.6. The zero-order chi connectivity index (χ0) is 22.0. The van der Waals surface area contributed by atoms with Gasteiger partial charge in [-0.2, -0.15) is 0 Å². The topological polar surface area (TPSA) is 89.9 Å². The van der Waals surface area contributed by atoms with E-state index in [-0.39, 0.29) is 41.2 Å². The molecule has 6 heteroatoms. The summed E-state index contributed by atoms with van der Waals surface area (Å²) in [6.45, 7) is 4.10. The molecule has 0 bridgehead atoms. The molecule has 3 fully saturated rings. The quantitative estimate of drug-likeness (QED) is 0.422. The summed E-state index contributed by atoms with van der Waals surface area (Å²) in [5.74, 6) is 0.0873. The molecule has 6 nitrogen and oxygen atoms in total. The van der Waals surface area contributed by atoms with Gasteiger partial charge >= 0.3 is 11.9 Å². The lowest BCUT2D eigenvalue weighted by atomic mass is 9.44. The second kappa shape index (κ2) is 7.03. The van der Waals surface area contributed by atoms with Crippen LogP contribution in [0.3, 0.4) is 0 Å². The van der Waals surface area contributed by atoms with Crippen molar-refractivity contribution in [1.29, 1.82) is 0 Å². The van der Waals surface area contributed by atoms with Gasteiger partial charge in [0.2, 0.25) is 0 Å². The average Bonchev–Trinajstić information content (AvgIpc) is 3.29. The minimum atomic E-state index is -1.12. The average molecular weight is 429 g/mol. The fourth-order valence-corrected chi connectivity index (χ4v) is 7.98. The molecule has 3 saturated carbocycles. The molecule has 0 aromatic heterocycles. The van der Waals surface area contributed by atoms with Crippen LogP contribution in [0.2, 0.25) is 0 Å². The van der Waals surface area contributed by atoms with E-state index in [4.69, 9.17) is 9.47 Å². The Kier molecular flexibility index (Phi) is 4.74. The van der Waals surface area contributed by atoms with Crippen LogP contribution in [0.5, 0.6) is 0 Å². The number of allylic oxidation sites excluding steroid dienone is 2. The van der Waals surface area contributed by atoms with E-state index in [2.05, 4.69) is 13.0 Å². The van der Waals surface area contributed by atoms with E-state index in [1.807, 2.05) is 0 Å². The van der Waals surface area contributed by atoms with Gasteiger partial charge in [-0.15, -0.1) is 0 Å². The molecule has 31 heavy (non-hydrogen) atoms. The van der Waals surface area contributed by atoms with E-state index in [1.165, 1.54) is 12.5 Å². The van der Waals surface area contributed by atoms with E-state index in [0.717, 1.165) is 37.5 Å². The largest absolute Gasteiger partial charge is 0.462 e. The molecule has 5 rings (SSSR count). The SMILES string of the molecule is CC(=O)O[C@@H]1CC[C@]2(C=O)[C@@H]3CC[C@]4(C)C(=CC[C@H]4C4=CC(=O)OC4)[C@H]3CC[C@@]2(O)C1. The first-order valence-corrected chi connectivity index (χ1v) is 11.7.